The van der Waals surface area contributed by atoms with E-state index < -0.39 is 0 Å². The lowest BCUT2D eigenvalue weighted by molar-refractivity contribution is 0.173. The van der Waals surface area contributed by atoms with Crippen LogP contribution >= 0.6 is 0 Å². The van der Waals surface area contributed by atoms with Crippen molar-refractivity contribution < 1.29 is 18.9 Å². The summed E-state index contributed by atoms with van der Waals surface area (Å²) in [5.41, 5.74) is 1.21. The minimum absolute atomic E-state index is 0.231. The number of hydrogen-bond acceptors (Lipinski definition) is 5. The number of methoxy groups -OCH3 is 1. The number of ether oxygens (including phenoxy) is 4. The molecule has 5 nitrogen and oxygen atoms in total. The van der Waals surface area contributed by atoms with Gasteiger partial charge in [-0.15, -0.1) is 0 Å². The van der Waals surface area contributed by atoms with Gasteiger partial charge in [-0.1, -0.05) is 12.1 Å². The van der Waals surface area contributed by atoms with Gasteiger partial charge in [-0.3, -0.25) is 0 Å². The van der Waals surface area contributed by atoms with Crippen molar-refractivity contribution in [3.8, 4) is 23.0 Å². The quantitative estimate of drug-likeness (QED) is 0.850. The monoisotopic (exact) mass is 315 g/mol. The van der Waals surface area contributed by atoms with Crippen molar-refractivity contribution in [2.45, 2.75) is 12.5 Å². The Bertz CT molecular complexity index is 642. The van der Waals surface area contributed by atoms with Gasteiger partial charge in [0.05, 0.1) is 13.7 Å². The van der Waals surface area contributed by atoms with Gasteiger partial charge in [-0.05, 0) is 36.9 Å². The fourth-order valence-corrected chi connectivity index (χ4v) is 2.58. The molecule has 23 heavy (non-hydrogen) atoms. The first-order chi connectivity index (χ1) is 11.3. The van der Waals surface area contributed by atoms with Crippen LogP contribution in [0.1, 0.15) is 18.0 Å². The van der Waals surface area contributed by atoms with Crippen LogP contribution < -0.4 is 24.3 Å². The molecule has 0 aromatic heterocycles. The maximum atomic E-state index is 5.83. The first kappa shape index (κ1) is 15.5. The smallest absolute Gasteiger partial charge is 0.231 e. The van der Waals surface area contributed by atoms with E-state index in [0.29, 0.717) is 6.61 Å². The summed E-state index contributed by atoms with van der Waals surface area (Å²) in [6.45, 7) is 0.884. The number of nitrogens with one attached hydrogen (secondary N) is 1. The molecule has 5 heteroatoms. The summed E-state index contributed by atoms with van der Waals surface area (Å²) in [6, 6.07) is 13.9. The third-order valence-corrected chi connectivity index (χ3v) is 3.89. The molecule has 1 unspecified atom stereocenters. The lowest BCUT2D eigenvalue weighted by Crippen LogP contribution is -2.19. The van der Waals surface area contributed by atoms with Gasteiger partial charge in [-0.25, -0.2) is 0 Å². The van der Waals surface area contributed by atoms with Crippen molar-refractivity contribution in [1.82, 2.24) is 5.32 Å². The Balaban J connectivity index is 1.55. The zero-order valence-electron chi connectivity index (χ0n) is 13.4. The highest BCUT2D eigenvalue weighted by atomic mass is 16.7. The standard InChI is InChI=1S/C18H21NO4/c1-19-16(13-3-5-14(20-2)6-4-13)9-10-21-15-7-8-17-18(11-15)23-12-22-17/h3-8,11,16,19H,9-10,12H2,1-2H3. The molecule has 3 rings (SSSR count). The fourth-order valence-electron chi connectivity index (χ4n) is 2.58. The molecule has 1 heterocycles. The SMILES string of the molecule is CNC(CCOc1ccc2c(c1)OCO2)c1ccc(OC)cc1. The van der Waals surface area contributed by atoms with Crippen molar-refractivity contribution in [2.24, 2.45) is 0 Å². The number of fused-ring (bicyclic) bond motifs is 1. The van der Waals surface area contributed by atoms with Crippen LogP contribution in [0, 0.1) is 0 Å². The van der Waals surface area contributed by atoms with Crippen LogP contribution in [0.3, 0.4) is 0 Å². The van der Waals surface area contributed by atoms with E-state index in [1.807, 2.05) is 37.4 Å². The van der Waals surface area contributed by atoms with E-state index in [4.69, 9.17) is 18.9 Å². The first-order valence-corrected chi connectivity index (χ1v) is 7.64. The van der Waals surface area contributed by atoms with Crippen LogP contribution in [0.25, 0.3) is 0 Å². The van der Waals surface area contributed by atoms with Gasteiger partial charge in [0.15, 0.2) is 11.5 Å². The van der Waals surface area contributed by atoms with Crippen LogP contribution in [0.15, 0.2) is 42.5 Å². The Morgan fingerprint density at radius 1 is 1.04 bits per heavy atom. The molecule has 0 saturated heterocycles. The van der Waals surface area contributed by atoms with E-state index in [-0.39, 0.29) is 12.8 Å². The predicted molar refractivity (Wildman–Crippen MR) is 87.5 cm³/mol. The molecular formula is C18H21NO4. The third kappa shape index (κ3) is 3.68. The molecule has 0 radical (unpaired) electrons. The number of rotatable bonds is 7. The predicted octanol–water partition coefficient (Wildman–Crippen LogP) is 3.15. The maximum Gasteiger partial charge on any atom is 0.231 e. The van der Waals surface area contributed by atoms with Gasteiger partial charge in [0.2, 0.25) is 6.79 Å². The van der Waals surface area contributed by atoms with E-state index in [9.17, 15) is 0 Å². The van der Waals surface area contributed by atoms with Crippen LogP contribution in [0.2, 0.25) is 0 Å². The Kier molecular flexibility index (Phi) is 4.88. The van der Waals surface area contributed by atoms with Crippen LogP contribution in [0.4, 0.5) is 0 Å². The normalized spacial score (nSPS) is 13.7. The Morgan fingerprint density at radius 2 is 1.78 bits per heavy atom. The Hall–Kier alpha value is -2.40. The minimum atomic E-state index is 0.231. The zero-order valence-corrected chi connectivity index (χ0v) is 13.4. The van der Waals surface area contributed by atoms with Gasteiger partial charge in [0.25, 0.3) is 0 Å². The van der Waals surface area contributed by atoms with Gasteiger partial charge in [0, 0.05) is 18.5 Å². The molecule has 0 amide bonds. The molecule has 1 aliphatic rings. The summed E-state index contributed by atoms with van der Waals surface area (Å²) in [6.07, 6.45) is 0.858. The van der Waals surface area contributed by atoms with Gasteiger partial charge >= 0.3 is 0 Å². The van der Waals surface area contributed by atoms with E-state index in [1.54, 1.807) is 7.11 Å². The highest BCUT2D eigenvalue weighted by molar-refractivity contribution is 5.46. The fraction of sp³-hybridized carbons (Fsp3) is 0.333. The molecule has 0 fully saturated rings. The molecular weight excluding hydrogens is 294 g/mol. The van der Waals surface area contributed by atoms with Crippen molar-refractivity contribution in [3.63, 3.8) is 0 Å². The Morgan fingerprint density at radius 3 is 2.52 bits per heavy atom. The number of benzene rings is 2. The molecule has 0 saturated carbocycles. The summed E-state index contributed by atoms with van der Waals surface area (Å²) < 4.78 is 21.7. The molecule has 0 bridgehead atoms. The van der Waals surface area contributed by atoms with Gasteiger partial charge < -0.3 is 24.3 Å². The molecule has 1 aliphatic heterocycles. The van der Waals surface area contributed by atoms with Crippen molar-refractivity contribution in [1.29, 1.82) is 0 Å². The molecule has 122 valence electrons. The van der Waals surface area contributed by atoms with Crippen molar-refractivity contribution in [3.05, 3.63) is 48.0 Å². The minimum Gasteiger partial charge on any atom is -0.497 e. The largest absolute Gasteiger partial charge is 0.497 e. The van der Waals surface area contributed by atoms with E-state index in [0.717, 1.165) is 29.4 Å². The Labute approximate surface area is 136 Å². The zero-order chi connectivity index (χ0) is 16.1. The summed E-state index contributed by atoms with van der Waals surface area (Å²) in [5.74, 6) is 3.16. The van der Waals surface area contributed by atoms with E-state index in [2.05, 4.69) is 17.4 Å². The second kappa shape index (κ2) is 7.24. The van der Waals surface area contributed by atoms with Crippen molar-refractivity contribution >= 4 is 0 Å². The highest BCUT2D eigenvalue weighted by Gasteiger charge is 2.14. The van der Waals surface area contributed by atoms with Crippen LogP contribution in [-0.2, 0) is 0 Å². The summed E-state index contributed by atoms with van der Waals surface area (Å²) in [5, 5.41) is 3.32. The highest BCUT2D eigenvalue weighted by Crippen LogP contribution is 2.35. The molecule has 2 aromatic rings. The van der Waals surface area contributed by atoms with Crippen LogP contribution in [-0.4, -0.2) is 27.6 Å². The molecule has 1 atom stereocenters. The summed E-state index contributed by atoms with van der Waals surface area (Å²) in [7, 11) is 3.62. The summed E-state index contributed by atoms with van der Waals surface area (Å²) >= 11 is 0. The van der Waals surface area contributed by atoms with E-state index in [1.165, 1.54) is 5.56 Å². The molecule has 1 N–H and O–H groups in total. The van der Waals surface area contributed by atoms with Crippen LogP contribution in [0.5, 0.6) is 23.0 Å². The topological polar surface area (TPSA) is 49.0 Å². The van der Waals surface area contributed by atoms with Gasteiger partial charge in [-0.2, -0.15) is 0 Å². The van der Waals surface area contributed by atoms with E-state index >= 15 is 0 Å². The average molecular weight is 315 g/mol. The lowest BCUT2D eigenvalue weighted by Gasteiger charge is -2.17. The average Bonchev–Trinajstić information content (AvgIpc) is 3.07. The third-order valence-electron chi connectivity index (χ3n) is 3.89. The second-order valence-electron chi connectivity index (χ2n) is 5.27. The second-order valence-corrected chi connectivity index (χ2v) is 5.27. The lowest BCUT2D eigenvalue weighted by atomic mass is 10.0. The van der Waals surface area contributed by atoms with Crippen molar-refractivity contribution in [2.75, 3.05) is 27.6 Å². The molecule has 2 aromatic carbocycles. The van der Waals surface area contributed by atoms with Gasteiger partial charge in [0.1, 0.15) is 11.5 Å². The maximum absolute atomic E-state index is 5.83. The summed E-state index contributed by atoms with van der Waals surface area (Å²) in [4.78, 5) is 0. The molecule has 0 spiro atoms. The first-order valence-electron chi connectivity index (χ1n) is 7.64. The number of hydrogen-bond donors (Lipinski definition) is 1. The molecule has 0 aliphatic carbocycles.